The second kappa shape index (κ2) is 8.10. The van der Waals surface area contributed by atoms with Crippen molar-refractivity contribution < 1.29 is 28.2 Å². The lowest BCUT2D eigenvalue weighted by atomic mass is 9.91. The molecule has 158 valence electrons. The lowest BCUT2D eigenvalue weighted by molar-refractivity contribution is -0.161. The highest BCUT2D eigenvalue weighted by Crippen LogP contribution is 2.41. The van der Waals surface area contributed by atoms with Crippen LogP contribution in [0.2, 0.25) is 0 Å². The molecule has 0 saturated heterocycles. The number of ether oxygens (including phenoxy) is 1. The summed E-state index contributed by atoms with van der Waals surface area (Å²) in [5.41, 5.74) is -0.720. The van der Waals surface area contributed by atoms with E-state index in [1.807, 2.05) is 13.8 Å². The fraction of sp³-hybridized carbons (Fsp3) is 0.524. The van der Waals surface area contributed by atoms with Crippen molar-refractivity contribution in [3.63, 3.8) is 0 Å². The molecule has 0 bridgehead atoms. The van der Waals surface area contributed by atoms with Gasteiger partial charge in [0.1, 0.15) is 5.57 Å². The minimum Gasteiger partial charge on any atom is -0.505 e. The van der Waals surface area contributed by atoms with E-state index in [0.29, 0.717) is 0 Å². The van der Waals surface area contributed by atoms with Gasteiger partial charge in [0.25, 0.3) is 5.91 Å². The van der Waals surface area contributed by atoms with E-state index in [-0.39, 0.29) is 30.2 Å². The zero-order valence-electron chi connectivity index (χ0n) is 16.9. The Kier molecular flexibility index (Phi) is 5.93. The molecule has 1 heterocycles. The van der Waals surface area contributed by atoms with Crippen LogP contribution in [0.5, 0.6) is 5.75 Å². The van der Waals surface area contributed by atoms with E-state index in [9.17, 15) is 23.5 Å². The first-order valence-corrected chi connectivity index (χ1v) is 9.77. The van der Waals surface area contributed by atoms with Gasteiger partial charge in [-0.05, 0) is 30.9 Å². The molecule has 1 aromatic carbocycles. The number of carbonyl (C=O) groups excluding carboxylic acids is 2. The maximum atomic E-state index is 14.3. The standard InChI is InChI=1S/C21H26F2N2O4/c1-13(2)12-29-20(28)15-10-21(8-4-5-9-21)24(3)25(19(15)27)11-14-6-7-16(26)18(23)17(14)22/h6-7,10,13,26H,4-5,8-9,11-12H2,1-3H3. The molecule has 29 heavy (non-hydrogen) atoms. The summed E-state index contributed by atoms with van der Waals surface area (Å²) in [6.45, 7) is 3.70. The molecule has 2 aliphatic rings. The maximum Gasteiger partial charge on any atom is 0.343 e. The summed E-state index contributed by atoms with van der Waals surface area (Å²) in [4.78, 5) is 25.7. The van der Waals surface area contributed by atoms with Crippen LogP contribution in [0.3, 0.4) is 0 Å². The monoisotopic (exact) mass is 408 g/mol. The third-order valence-electron chi connectivity index (χ3n) is 5.58. The number of hydrogen-bond donors (Lipinski definition) is 1. The Hall–Kier alpha value is -2.48. The Morgan fingerprint density at radius 2 is 1.90 bits per heavy atom. The number of phenols is 1. The van der Waals surface area contributed by atoms with Gasteiger partial charge in [-0.2, -0.15) is 4.39 Å². The molecule has 8 heteroatoms. The second-order valence-electron chi connectivity index (χ2n) is 8.12. The van der Waals surface area contributed by atoms with Gasteiger partial charge in [0.05, 0.1) is 18.7 Å². The van der Waals surface area contributed by atoms with Crippen LogP contribution >= 0.6 is 0 Å². The van der Waals surface area contributed by atoms with Crippen molar-refractivity contribution >= 4 is 11.9 Å². The molecular formula is C21H26F2N2O4. The zero-order valence-corrected chi connectivity index (χ0v) is 16.9. The molecule has 6 nitrogen and oxygen atoms in total. The van der Waals surface area contributed by atoms with Crippen LogP contribution in [-0.2, 0) is 20.9 Å². The van der Waals surface area contributed by atoms with E-state index in [0.717, 1.165) is 31.7 Å². The van der Waals surface area contributed by atoms with Gasteiger partial charge in [-0.25, -0.2) is 14.2 Å². The first kappa shape index (κ1) is 21.2. The van der Waals surface area contributed by atoms with Gasteiger partial charge in [0, 0.05) is 12.6 Å². The average Bonchev–Trinajstić information content (AvgIpc) is 3.15. The van der Waals surface area contributed by atoms with Crippen LogP contribution in [0.25, 0.3) is 0 Å². The van der Waals surface area contributed by atoms with E-state index in [1.165, 1.54) is 11.1 Å². The second-order valence-corrected chi connectivity index (χ2v) is 8.12. The van der Waals surface area contributed by atoms with Crippen LogP contribution in [0.1, 0.15) is 45.1 Å². The average molecular weight is 408 g/mol. The summed E-state index contributed by atoms with van der Waals surface area (Å²) in [7, 11) is 1.71. The topological polar surface area (TPSA) is 70.1 Å². The number of halogens is 2. The van der Waals surface area contributed by atoms with Crippen LogP contribution in [-0.4, -0.2) is 46.2 Å². The number of esters is 1. The molecule has 1 aliphatic carbocycles. The molecule has 1 fully saturated rings. The van der Waals surface area contributed by atoms with E-state index < -0.39 is 34.8 Å². The summed E-state index contributed by atoms with van der Waals surface area (Å²) < 4.78 is 33.4. The Bertz CT molecular complexity index is 847. The van der Waals surface area contributed by atoms with Crippen molar-refractivity contribution in [1.82, 2.24) is 10.0 Å². The number of benzene rings is 1. The van der Waals surface area contributed by atoms with Gasteiger partial charge < -0.3 is 9.84 Å². The molecule has 0 atom stereocenters. The number of likely N-dealkylation sites (N-methyl/N-ethyl adjacent to an activating group) is 1. The van der Waals surface area contributed by atoms with Crippen molar-refractivity contribution in [2.75, 3.05) is 13.7 Å². The summed E-state index contributed by atoms with van der Waals surface area (Å²) in [6.07, 6.45) is 5.01. The minimum atomic E-state index is -1.36. The third kappa shape index (κ3) is 3.99. The lowest BCUT2D eigenvalue weighted by Crippen LogP contribution is -2.59. The Morgan fingerprint density at radius 1 is 1.24 bits per heavy atom. The van der Waals surface area contributed by atoms with E-state index >= 15 is 0 Å². The molecule has 1 aliphatic heterocycles. The quantitative estimate of drug-likeness (QED) is 0.598. The van der Waals surface area contributed by atoms with E-state index in [1.54, 1.807) is 18.1 Å². The van der Waals surface area contributed by atoms with Crippen molar-refractivity contribution in [3.8, 4) is 5.75 Å². The van der Waals surface area contributed by atoms with Crippen molar-refractivity contribution in [2.24, 2.45) is 5.92 Å². The number of carbonyl (C=O) groups is 2. The summed E-state index contributed by atoms with van der Waals surface area (Å²) in [5, 5.41) is 12.3. The van der Waals surface area contributed by atoms with Crippen LogP contribution in [0, 0.1) is 17.6 Å². The Morgan fingerprint density at radius 3 is 2.52 bits per heavy atom. The lowest BCUT2D eigenvalue weighted by Gasteiger charge is -2.47. The summed E-state index contributed by atoms with van der Waals surface area (Å²) >= 11 is 0. The normalized spacial score (nSPS) is 19.2. The predicted molar refractivity (Wildman–Crippen MR) is 101 cm³/mol. The maximum absolute atomic E-state index is 14.3. The van der Waals surface area contributed by atoms with Crippen molar-refractivity contribution in [1.29, 1.82) is 0 Å². The first-order valence-electron chi connectivity index (χ1n) is 9.77. The van der Waals surface area contributed by atoms with Gasteiger partial charge >= 0.3 is 5.97 Å². The van der Waals surface area contributed by atoms with Gasteiger partial charge in [-0.15, -0.1) is 0 Å². The summed E-state index contributed by atoms with van der Waals surface area (Å²) in [6, 6.07) is 2.27. The number of rotatable bonds is 5. The molecule has 3 rings (SSSR count). The Labute approximate surface area is 168 Å². The number of nitrogens with zero attached hydrogens (tertiary/aromatic N) is 2. The zero-order chi connectivity index (χ0) is 21.3. The SMILES string of the molecule is CC(C)COC(=O)C1=CC2(CCCC2)N(C)N(Cc2ccc(O)c(F)c2F)C1=O. The molecule has 0 aromatic heterocycles. The van der Waals surface area contributed by atoms with E-state index in [4.69, 9.17) is 4.74 Å². The van der Waals surface area contributed by atoms with Gasteiger partial charge in [-0.3, -0.25) is 9.80 Å². The highest BCUT2D eigenvalue weighted by molar-refractivity contribution is 6.16. The molecule has 1 amide bonds. The van der Waals surface area contributed by atoms with Crippen molar-refractivity contribution in [3.05, 3.63) is 41.0 Å². The van der Waals surface area contributed by atoms with Gasteiger partial charge in [-0.1, -0.05) is 32.8 Å². The summed E-state index contributed by atoms with van der Waals surface area (Å²) in [5.74, 6) is -4.58. The molecule has 1 spiro atoms. The smallest absolute Gasteiger partial charge is 0.343 e. The molecule has 1 saturated carbocycles. The molecular weight excluding hydrogens is 382 g/mol. The minimum absolute atomic E-state index is 0.0784. The van der Waals surface area contributed by atoms with E-state index in [2.05, 4.69) is 0 Å². The highest BCUT2D eigenvalue weighted by Gasteiger charge is 2.47. The molecule has 0 radical (unpaired) electrons. The number of aromatic hydroxyl groups is 1. The number of phenolic OH excluding ortho intramolecular Hbond substituents is 1. The van der Waals surface area contributed by atoms with Crippen LogP contribution in [0.4, 0.5) is 8.78 Å². The third-order valence-corrected chi connectivity index (χ3v) is 5.58. The fourth-order valence-corrected chi connectivity index (χ4v) is 3.90. The first-order chi connectivity index (χ1) is 13.7. The van der Waals surface area contributed by atoms with Gasteiger partial charge in [0.2, 0.25) is 5.82 Å². The number of hydrogen-bond acceptors (Lipinski definition) is 5. The molecule has 1 aromatic rings. The van der Waals surface area contributed by atoms with Gasteiger partial charge in [0.15, 0.2) is 11.6 Å². The molecule has 0 unspecified atom stereocenters. The van der Waals surface area contributed by atoms with Crippen LogP contribution < -0.4 is 0 Å². The van der Waals surface area contributed by atoms with Crippen molar-refractivity contribution in [2.45, 2.75) is 51.6 Å². The van der Waals surface area contributed by atoms with Crippen LogP contribution in [0.15, 0.2) is 23.8 Å². The number of amides is 1. The largest absolute Gasteiger partial charge is 0.505 e. The highest BCUT2D eigenvalue weighted by atomic mass is 19.2. The number of hydrazine groups is 1. The Balaban J connectivity index is 1.95. The predicted octanol–water partition coefficient (Wildman–Crippen LogP) is 3.30. The fourth-order valence-electron chi connectivity index (χ4n) is 3.90. The molecule has 1 N–H and O–H groups in total.